The molecule has 238 valence electrons. The molecule has 4 rings (SSSR count). The van der Waals surface area contributed by atoms with Crippen LogP contribution in [0.4, 0.5) is 10.5 Å². The van der Waals surface area contributed by atoms with Gasteiger partial charge in [-0.3, -0.25) is 24.5 Å². The summed E-state index contributed by atoms with van der Waals surface area (Å²) in [6, 6.07) is 4.27. The number of imide groups is 1. The Morgan fingerprint density at radius 3 is 2.57 bits per heavy atom. The molecule has 44 heavy (non-hydrogen) atoms. The number of nitrogens with one attached hydrogen (secondary N) is 2. The van der Waals surface area contributed by atoms with E-state index in [0.717, 1.165) is 25.7 Å². The quantitative estimate of drug-likeness (QED) is 0.124. The molecular formula is C30H41N7O7. The smallest absolute Gasteiger partial charge is 0.410 e. The van der Waals surface area contributed by atoms with E-state index in [1.54, 1.807) is 23.1 Å². The lowest BCUT2D eigenvalue weighted by Gasteiger charge is -2.37. The molecule has 1 atom stereocenters. The van der Waals surface area contributed by atoms with E-state index in [9.17, 15) is 24.0 Å². The van der Waals surface area contributed by atoms with Gasteiger partial charge >= 0.3 is 6.09 Å². The van der Waals surface area contributed by atoms with Crippen molar-refractivity contribution in [3.63, 3.8) is 0 Å². The van der Waals surface area contributed by atoms with Crippen LogP contribution in [-0.2, 0) is 30.4 Å². The first-order valence-electron chi connectivity index (χ1n) is 15.1. The fraction of sp³-hybridized carbons (Fsp3) is 0.633. The third-order valence-corrected chi connectivity index (χ3v) is 7.92. The zero-order valence-corrected chi connectivity index (χ0v) is 25.5. The van der Waals surface area contributed by atoms with Gasteiger partial charge in [0.1, 0.15) is 11.6 Å². The Hall–Kier alpha value is -4.16. The largest absolute Gasteiger partial charge is 0.444 e. The zero-order valence-electron chi connectivity index (χ0n) is 25.5. The Balaban J connectivity index is 1.20. The van der Waals surface area contributed by atoms with E-state index in [0.29, 0.717) is 36.4 Å². The zero-order chi connectivity index (χ0) is 31.9. The number of azide groups is 1. The van der Waals surface area contributed by atoms with E-state index in [1.165, 1.54) is 4.90 Å². The van der Waals surface area contributed by atoms with Crippen molar-refractivity contribution in [2.75, 3.05) is 25.1 Å². The highest BCUT2D eigenvalue weighted by Gasteiger charge is 2.39. The minimum Gasteiger partial charge on any atom is -0.444 e. The number of carbonyl (C=O) groups excluding carboxylic acids is 5. The fourth-order valence-corrected chi connectivity index (χ4v) is 5.78. The van der Waals surface area contributed by atoms with Gasteiger partial charge in [-0.25, -0.2) is 4.79 Å². The second-order valence-electron chi connectivity index (χ2n) is 12.4. The van der Waals surface area contributed by atoms with Crippen LogP contribution in [0.15, 0.2) is 23.3 Å². The van der Waals surface area contributed by atoms with Crippen LogP contribution in [0.25, 0.3) is 10.4 Å². The normalized spacial score (nSPS) is 21.7. The lowest BCUT2D eigenvalue weighted by Crippen LogP contribution is -2.52. The molecule has 1 aromatic carbocycles. The van der Waals surface area contributed by atoms with Gasteiger partial charge in [-0.1, -0.05) is 5.11 Å². The Morgan fingerprint density at radius 1 is 1.14 bits per heavy atom. The molecule has 2 N–H and O–H groups in total. The molecule has 14 nitrogen and oxygen atoms in total. The van der Waals surface area contributed by atoms with E-state index in [1.807, 2.05) is 20.8 Å². The van der Waals surface area contributed by atoms with Crippen molar-refractivity contribution in [2.24, 2.45) is 5.11 Å². The predicted molar refractivity (Wildman–Crippen MR) is 159 cm³/mol. The van der Waals surface area contributed by atoms with Gasteiger partial charge in [0, 0.05) is 54.4 Å². The summed E-state index contributed by atoms with van der Waals surface area (Å²) in [5.41, 5.74) is 9.80. The van der Waals surface area contributed by atoms with Crippen LogP contribution in [0, 0.1) is 0 Å². The number of anilines is 1. The average Bonchev–Trinajstić information content (AvgIpc) is 3.27. The molecule has 1 saturated carbocycles. The molecule has 1 aliphatic carbocycles. The molecule has 14 heteroatoms. The molecule has 0 radical (unpaired) electrons. The van der Waals surface area contributed by atoms with Gasteiger partial charge in [-0.2, -0.15) is 0 Å². The van der Waals surface area contributed by atoms with Gasteiger partial charge in [-0.05, 0) is 88.6 Å². The van der Waals surface area contributed by atoms with E-state index >= 15 is 0 Å². The summed E-state index contributed by atoms with van der Waals surface area (Å²) in [7, 11) is 0. The molecule has 2 heterocycles. The molecule has 0 bridgehead atoms. The van der Waals surface area contributed by atoms with Crippen molar-refractivity contribution < 1.29 is 33.4 Å². The summed E-state index contributed by atoms with van der Waals surface area (Å²) >= 11 is 0. The first kappa shape index (κ1) is 32.7. The van der Waals surface area contributed by atoms with Crippen molar-refractivity contribution in [1.29, 1.82) is 0 Å². The number of fused-ring (bicyclic) bond motifs is 1. The highest BCUT2D eigenvalue weighted by molar-refractivity contribution is 6.05. The summed E-state index contributed by atoms with van der Waals surface area (Å²) in [6.07, 6.45) is 3.69. The van der Waals surface area contributed by atoms with E-state index in [4.69, 9.17) is 15.0 Å². The fourth-order valence-electron chi connectivity index (χ4n) is 5.78. The number of nitrogens with zero attached hydrogens (tertiary/aromatic N) is 5. The molecule has 1 aromatic rings. The van der Waals surface area contributed by atoms with Gasteiger partial charge in [0.15, 0.2) is 0 Å². The SMILES string of the molecule is CC(C)(C)OC(=O)N(CCCOCCC(=O)Nc1ccc2c(c1)CN(C1CCC(=O)NC1=O)C2=O)C1CCC(N=[N+]=[N-])CC1. The number of hydrogen-bond donors (Lipinski definition) is 2. The Morgan fingerprint density at radius 2 is 1.89 bits per heavy atom. The maximum atomic E-state index is 12.9. The van der Waals surface area contributed by atoms with Crippen LogP contribution >= 0.6 is 0 Å². The summed E-state index contributed by atoms with van der Waals surface area (Å²) in [5, 5.41) is 8.93. The van der Waals surface area contributed by atoms with Gasteiger partial charge in [-0.15, -0.1) is 0 Å². The van der Waals surface area contributed by atoms with Gasteiger partial charge in [0.05, 0.1) is 13.0 Å². The van der Waals surface area contributed by atoms with Gasteiger partial charge in [0.2, 0.25) is 17.7 Å². The van der Waals surface area contributed by atoms with Crippen LogP contribution in [0.1, 0.15) is 88.1 Å². The monoisotopic (exact) mass is 611 g/mol. The first-order valence-corrected chi connectivity index (χ1v) is 15.1. The molecular weight excluding hydrogens is 570 g/mol. The van der Waals surface area contributed by atoms with Crippen molar-refractivity contribution >= 4 is 35.4 Å². The van der Waals surface area contributed by atoms with Gasteiger partial charge < -0.3 is 24.6 Å². The molecule has 5 amide bonds. The number of rotatable bonds is 11. The number of carbonyl (C=O) groups is 5. The molecule has 0 spiro atoms. The van der Waals surface area contributed by atoms with E-state index in [2.05, 4.69) is 20.7 Å². The molecule has 3 aliphatic rings. The number of benzene rings is 1. The lowest BCUT2D eigenvalue weighted by atomic mass is 9.90. The van der Waals surface area contributed by atoms with Crippen LogP contribution in [0.3, 0.4) is 0 Å². The summed E-state index contributed by atoms with van der Waals surface area (Å²) in [6.45, 7) is 6.71. The Bertz CT molecular complexity index is 1310. The predicted octanol–water partition coefficient (Wildman–Crippen LogP) is 4.04. The Labute approximate surface area is 256 Å². The van der Waals surface area contributed by atoms with Crippen LogP contribution in [-0.4, -0.2) is 83.0 Å². The lowest BCUT2D eigenvalue weighted by molar-refractivity contribution is -0.137. The standard InChI is InChI=1S/C30H41N7O7/c1-30(2,3)44-29(42)36(22-8-5-20(6-9-22)34-35-31)14-4-15-43-16-13-26(39)32-21-7-10-23-19(17-21)18-37(28(23)41)24-11-12-25(38)33-27(24)40/h7,10,17,20,22,24H,4-6,8-9,11-16,18H2,1-3H3,(H,32,39)(H,33,38,40). The first-order chi connectivity index (χ1) is 20.9. The summed E-state index contributed by atoms with van der Waals surface area (Å²) in [4.78, 5) is 68.2. The van der Waals surface area contributed by atoms with Crippen molar-refractivity contribution in [3.05, 3.63) is 39.8 Å². The summed E-state index contributed by atoms with van der Waals surface area (Å²) in [5.74, 6) is -1.33. The minimum atomic E-state index is -0.696. The van der Waals surface area contributed by atoms with Crippen LogP contribution < -0.4 is 10.6 Å². The number of piperidine rings is 1. The number of hydrogen-bond acceptors (Lipinski definition) is 8. The third kappa shape index (κ3) is 8.70. The van der Waals surface area contributed by atoms with Gasteiger partial charge in [0.25, 0.3) is 5.91 Å². The highest BCUT2D eigenvalue weighted by Crippen LogP contribution is 2.30. The van der Waals surface area contributed by atoms with E-state index < -0.39 is 17.6 Å². The van der Waals surface area contributed by atoms with Crippen molar-refractivity contribution in [3.8, 4) is 0 Å². The number of ether oxygens (including phenoxy) is 2. The Kier molecular flexibility index (Phi) is 10.8. The van der Waals surface area contributed by atoms with Crippen LogP contribution in [0.5, 0.6) is 0 Å². The molecule has 1 unspecified atom stereocenters. The summed E-state index contributed by atoms with van der Waals surface area (Å²) < 4.78 is 11.3. The third-order valence-electron chi connectivity index (χ3n) is 7.92. The topological polar surface area (TPSA) is 183 Å². The molecule has 0 aromatic heterocycles. The van der Waals surface area contributed by atoms with Crippen molar-refractivity contribution in [2.45, 2.75) is 102 Å². The average molecular weight is 612 g/mol. The second-order valence-corrected chi connectivity index (χ2v) is 12.4. The second kappa shape index (κ2) is 14.5. The van der Waals surface area contributed by atoms with Crippen LogP contribution in [0.2, 0.25) is 0 Å². The van der Waals surface area contributed by atoms with Crippen molar-refractivity contribution in [1.82, 2.24) is 15.1 Å². The number of amides is 5. The maximum absolute atomic E-state index is 12.9. The maximum Gasteiger partial charge on any atom is 0.410 e. The van der Waals surface area contributed by atoms with E-state index in [-0.39, 0.29) is 68.3 Å². The molecule has 1 saturated heterocycles. The minimum absolute atomic E-state index is 0.000476. The molecule has 2 aliphatic heterocycles. The molecule has 2 fully saturated rings. The highest BCUT2D eigenvalue weighted by atomic mass is 16.6.